The minimum absolute atomic E-state index is 0.149. The first-order chi connectivity index (χ1) is 19.6. The fourth-order valence-corrected chi connectivity index (χ4v) is 19.7. The summed E-state index contributed by atoms with van der Waals surface area (Å²) in [7, 11) is 0. The summed E-state index contributed by atoms with van der Waals surface area (Å²) < 4.78 is 4.38. The molecule has 0 saturated carbocycles. The molecule has 1 aromatic rings. The molecule has 0 aromatic heterocycles. The van der Waals surface area contributed by atoms with Crippen molar-refractivity contribution in [3.8, 4) is 0 Å². The number of allylic oxidation sites excluding steroid dienone is 9. The molecule has 0 saturated heterocycles. The van der Waals surface area contributed by atoms with Gasteiger partial charge in [-0.05, 0) is 0 Å². The molecule has 5 aliphatic rings. The Morgan fingerprint density at radius 2 is 1.47 bits per heavy atom. The zero-order valence-electron chi connectivity index (χ0n) is 29.9. The summed E-state index contributed by atoms with van der Waals surface area (Å²) >= 11 is -2.22. The van der Waals surface area contributed by atoms with E-state index in [0.29, 0.717) is 5.92 Å². The number of hydrogen-bond donors (Lipinski definition) is 0. The van der Waals surface area contributed by atoms with Gasteiger partial charge in [-0.1, -0.05) is 0 Å². The van der Waals surface area contributed by atoms with Crippen LogP contribution in [0.4, 0.5) is 0 Å². The van der Waals surface area contributed by atoms with Crippen molar-refractivity contribution in [3.63, 3.8) is 0 Å². The van der Waals surface area contributed by atoms with Crippen molar-refractivity contribution in [3.05, 3.63) is 78.2 Å². The molecule has 0 amide bonds. The zero-order chi connectivity index (χ0) is 31.7. The summed E-state index contributed by atoms with van der Waals surface area (Å²) in [5.74, 6) is 0.583. The first-order valence-electron chi connectivity index (χ1n) is 17.1. The Morgan fingerprint density at radius 3 is 2.07 bits per heavy atom. The summed E-state index contributed by atoms with van der Waals surface area (Å²) in [6.07, 6.45) is 20.2. The molecule has 6 rings (SSSR count). The number of rotatable bonds is 2. The van der Waals surface area contributed by atoms with Crippen molar-refractivity contribution in [2.75, 3.05) is 0 Å². The third-order valence-electron chi connectivity index (χ3n) is 11.7. The molecule has 2 unspecified atom stereocenters. The predicted molar refractivity (Wildman–Crippen MR) is 187 cm³/mol. The Balaban J connectivity index is 1.61. The average Bonchev–Trinajstić information content (AvgIpc) is 3.41. The Labute approximate surface area is 272 Å². The van der Waals surface area contributed by atoms with E-state index >= 15 is 0 Å². The van der Waals surface area contributed by atoms with E-state index in [1.807, 2.05) is 3.28 Å². The Bertz CT molecular complexity index is 1610. The summed E-state index contributed by atoms with van der Waals surface area (Å²) in [5.41, 5.74) is 15.9. The van der Waals surface area contributed by atoms with Crippen molar-refractivity contribution >= 4 is 14.9 Å². The Morgan fingerprint density at radius 1 is 0.837 bits per heavy atom. The van der Waals surface area contributed by atoms with Crippen LogP contribution < -0.4 is 0 Å². The van der Waals surface area contributed by atoms with Crippen molar-refractivity contribution < 1.29 is 21.3 Å². The van der Waals surface area contributed by atoms with E-state index in [0.717, 1.165) is 16.5 Å². The summed E-state index contributed by atoms with van der Waals surface area (Å²) in [5, 5.41) is 0. The minimum atomic E-state index is -2.22. The van der Waals surface area contributed by atoms with Crippen LogP contribution in [0.15, 0.2) is 44.8 Å². The van der Waals surface area contributed by atoms with Gasteiger partial charge in [0.15, 0.2) is 0 Å². The number of benzene rings is 1. The molecule has 0 bridgehead atoms. The average molecular weight is 654 g/mol. The topological polar surface area (TPSA) is 0 Å². The van der Waals surface area contributed by atoms with Crippen LogP contribution in [0.2, 0.25) is 3.63 Å². The van der Waals surface area contributed by atoms with Gasteiger partial charge in [0.25, 0.3) is 0 Å². The van der Waals surface area contributed by atoms with Gasteiger partial charge in [-0.3, -0.25) is 0 Å². The number of fused-ring (bicyclic) bond motifs is 7. The van der Waals surface area contributed by atoms with E-state index in [1.54, 1.807) is 53.3 Å². The summed E-state index contributed by atoms with van der Waals surface area (Å²) in [6.45, 7) is 35.0. The van der Waals surface area contributed by atoms with Crippen LogP contribution in [0.25, 0.3) is 11.6 Å². The van der Waals surface area contributed by atoms with E-state index in [4.69, 9.17) is 0 Å². The molecular weight excluding hydrogens is 596 g/mol. The quantitative estimate of drug-likeness (QED) is 0.298. The SMILES string of the molecule is C[C](C)=[Zr]([C]1=CC(C(C)(C)C)=CC1C)[CH]1CC(C)(C)c2c3c(c4c(c2C1(C)C)CC1=C4CC(C)(C)C=C1)CC(C)(C)C=C3. The van der Waals surface area contributed by atoms with Gasteiger partial charge in [0.05, 0.1) is 0 Å². The third kappa shape index (κ3) is 5.06. The van der Waals surface area contributed by atoms with Gasteiger partial charge in [-0.25, -0.2) is 0 Å². The van der Waals surface area contributed by atoms with Gasteiger partial charge < -0.3 is 0 Å². The normalized spacial score (nSPS) is 27.2. The molecule has 2 atom stereocenters. The summed E-state index contributed by atoms with van der Waals surface area (Å²) in [6, 6.07) is 0. The van der Waals surface area contributed by atoms with E-state index in [1.165, 1.54) is 12.8 Å². The second-order valence-electron chi connectivity index (χ2n) is 18.7. The van der Waals surface area contributed by atoms with Gasteiger partial charge >= 0.3 is 274 Å². The van der Waals surface area contributed by atoms with Crippen LogP contribution in [0.5, 0.6) is 0 Å². The van der Waals surface area contributed by atoms with Crippen molar-refractivity contribution in [1.29, 1.82) is 0 Å². The zero-order valence-corrected chi connectivity index (χ0v) is 32.4. The van der Waals surface area contributed by atoms with Gasteiger partial charge in [-0.2, -0.15) is 0 Å². The van der Waals surface area contributed by atoms with Crippen molar-refractivity contribution in [2.24, 2.45) is 22.2 Å². The maximum absolute atomic E-state index is 2.69. The molecule has 0 radical (unpaired) electrons. The Kier molecular flexibility index (Phi) is 7.24. The van der Waals surface area contributed by atoms with E-state index in [2.05, 4.69) is 133 Å². The van der Waals surface area contributed by atoms with Crippen LogP contribution in [0.3, 0.4) is 0 Å². The molecule has 43 heavy (non-hydrogen) atoms. The second kappa shape index (κ2) is 9.84. The molecule has 1 aromatic carbocycles. The van der Waals surface area contributed by atoms with E-state index in [-0.39, 0.29) is 27.1 Å². The van der Waals surface area contributed by atoms with E-state index < -0.39 is 21.3 Å². The van der Waals surface area contributed by atoms with Crippen LogP contribution in [0.1, 0.15) is 143 Å². The van der Waals surface area contributed by atoms with Crippen molar-refractivity contribution in [1.82, 2.24) is 0 Å². The second-order valence-corrected chi connectivity index (χ2v) is 26.3. The molecule has 0 spiro atoms. The molecule has 5 aliphatic carbocycles. The fraction of sp³-hybridized carbons (Fsp3) is 0.595. The van der Waals surface area contributed by atoms with Crippen LogP contribution in [-0.2, 0) is 44.9 Å². The summed E-state index contributed by atoms with van der Waals surface area (Å²) in [4.78, 5) is 0. The van der Waals surface area contributed by atoms with Crippen molar-refractivity contribution in [2.45, 2.75) is 137 Å². The molecule has 0 fully saturated rings. The Hall–Kier alpha value is -1.33. The first-order valence-corrected chi connectivity index (χ1v) is 21.0. The maximum atomic E-state index is 2.69. The fourth-order valence-electron chi connectivity index (χ4n) is 9.52. The van der Waals surface area contributed by atoms with Gasteiger partial charge in [0.2, 0.25) is 0 Å². The molecule has 0 nitrogen and oxygen atoms in total. The molecule has 230 valence electrons. The van der Waals surface area contributed by atoms with Gasteiger partial charge in [0.1, 0.15) is 0 Å². The van der Waals surface area contributed by atoms with Crippen LogP contribution in [-0.4, -0.2) is 3.21 Å². The van der Waals surface area contributed by atoms with Gasteiger partial charge in [0, 0.05) is 0 Å². The molecule has 0 aliphatic heterocycles. The standard InChI is InChI=1S/C29H37.C10H15.C3H6.Zr/c1-26(2)11-9-18-15-20-23(21(18)16-26)22-17-27(3,4)12-10-19(22)24-25(20)29(7,8)14-13-28(24,5)6;1-8-5-6-9(7-8)10(2,3)4;1-3-2;/h9-12,14H,13,15-17H2,1-8H3;6-8H,1-4H3;1-2H3;. The molecule has 0 heterocycles. The predicted octanol–water partition coefficient (Wildman–Crippen LogP) is 11.7. The molecule has 1 heteroatoms. The van der Waals surface area contributed by atoms with Crippen LogP contribution in [0, 0.1) is 22.2 Å². The van der Waals surface area contributed by atoms with Gasteiger partial charge in [-0.15, -0.1) is 0 Å². The number of hydrogen-bond acceptors (Lipinski definition) is 0. The first kappa shape index (κ1) is 31.6. The van der Waals surface area contributed by atoms with Crippen LogP contribution >= 0.6 is 0 Å². The molecular formula is C42H58Zr. The third-order valence-corrected chi connectivity index (χ3v) is 21.3. The molecule has 0 N–H and O–H groups in total. The van der Waals surface area contributed by atoms with E-state index in [9.17, 15) is 0 Å². The monoisotopic (exact) mass is 652 g/mol.